The molecule has 0 atom stereocenters. The van der Waals surface area contributed by atoms with Gasteiger partial charge in [-0.3, -0.25) is 15.1 Å². The Bertz CT molecular complexity index is 370. The summed E-state index contributed by atoms with van der Waals surface area (Å²) in [6, 6.07) is 1.63. The van der Waals surface area contributed by atoms with Crippen molar-refractivity contribution in [2.24, 2.45) is 5.84 Å². The molecule has 17 heavy (non-hydrogen) atoms. The highest BCUT2D eigenvalue weighted by Crippen LogP contribution is 2.14. The first-order chi connectivity index (χ1) is 8.31. The number of carbonyl (C=O) groups excluding carboxylic acids is 1. The van der Waals surface area contributed by atoms with E-state index >= 15 is 0 Å². The molecule has 1 amide bonds. The van der Waals surface area contributed by atoms with E-state index in [9.17, 15) is 4.79 Å². The summed E-state index contributed by atoms with van der Waals surface area (Å²) in [5.41, 5.74) is 2.61. The van der Waals surface area contributed by atoms with E-state index in [0.29, 0.717) is 17.9 Å². The van der Waals surface area contributed by atoms with Crippen molar-refractivity contribution in [2.75, 3.05) is 26.3 Å². The molecule has 1 aliphatic heterocycles. The van der Waals surface area contributed by atoms with E-state index in [1.807, 2.05) is 0 Å². The Morgan fingerprint density at radius 3 is 3.18 bits per heavy atom. The van der Waals surface area contributed by atoms with Gasteiger partial charge < -0.3 is 9.15 Å². The Morgan fingerprint density at radius 2 is 2.35 bits per heavy atom. The van der Waals surface area contributed by atoms with E-state index in [-0.39, 0.29) is 5.91 Å². The van der Waals surface area contributed by atoms with E-state index in [1.165, 1.54) is 6.26 Å². The van der Waals surface area contributed by atoms with Crippen LogP contribution >= 0.6 is 0 Å². The molecular formula is C11H17N3O3. The predicted molar refractivity (Wildman–Crippen MR) is 61.1 cm³/mol. The first kappa shape index (κ1) is 12.1. The third-order valence-electron chi connectivity index (χ3n) is 2.80. The summed E-state index contributed by atoms with van der Waals surface area (Å²) >= 11 is 0. The highest BCUT2D eigenvalue weighted by atomic mass is 16.5. The Morgan fingerprint density at radius 1 is 1.47 bits per heavy atom. The zero-order valence-electron chi connectivity index (χ0n) is 9.65. The Hall–Kier alpha value is -1.37. The minimum atomic E-state index is -0.320. The maximum absolute atomic E-state index is 11.5. The lowest BCUT2D eigenvalue weighted by Gasteiger charge is -2.17. The van der Waals surface area contributed by atoms with Gasteiger partial charge in [0.2, 0.25) is 0 Å². The molecule has 1 aliphatic rings. The molecule has 6 nitrogen and oxygen atoms in total. The zero-order chi connectivity index (χ0) is 12.1. The first-order valence-electron chi connectivity index (χ1n) is 5.68. The zero-order valence-corrected chi connectivity index (χ0v) is 9.65. The third kappa shape index (κ3) is 3.06. The molecule has 1 aromatic rings. The second-order valence-corrected chi connectivity index (χ2v) is 3.97. The molecule has 1 saturated heterocycles. The predicted octanol–water partition coefficient (Wildman–Crippen LogP) is 0.105. The minimum absolute atomic E-state index is 0.320. The second-order valence-electron chi connectivity index (χ2n) is 3.97. The van der Waals surface area contributed by atoms with E-state index in [0.717, 1.165) is 32.7 Å². The molecule has 0 unspecified atom stereocenters. The van der Waals surface area contributed by atoms with E-state index < -0.39 is 0 Å². The van der Waals surface area contributed by atoms with Gasteiger partial charge in [0.05, 0.1) is 25.0 Å². The lowest BCUT2D eigenvalue weighted by Crippen LogP contribution is -2.32. The molecule has 0 aromatic carbocycles. The minimum Gasteiger partial charge on any atom is -0.467 e. The lowest BCUT2D eigenvalue weighted by molar-refractivity contribution is 0.0949. The number of rotatable bonds is 3. The van der Waals surface area contributed by atoms with E-state index in [2.05, 4.69) is 10.3 Å². The van der Waals surface area contributed by atoms with Crippen molar-refractivity contribution in [3.63, 3.8) is 0 Å². The number of hydrazine groups is 1. The van der Waals surface area contributed by atoms with Crippen LogP contribution in [-0.4, -0.2) is 37.1 Å². The number of nitrogens with two attached hydrogens (primary N) is 1. The van der Waals surface area contributed by atoms with Crippen molar-refractivity contribution in [2.45, 2.75) is 13.0 Å². The fraction of sp³-hybridized carbons (Fsp3) is 0.545. The second kappa shape index (κ2) is 5.81. The summed E-state index contributed by atoms with van der Waals surface area (Å²) < 4.78 is 10.7. The SMILES string of the molecule is NNC(=O)c1ccoc1CN1CCCOCC1. The van der Waals surface area contributed by atoms with Crippen molar-refractivity contribution < 1.29 is 13.9 Å². The van der Waals surface area contributed by atoms with Gasteiger partial charge in [0.15, 0.2) is 0 Å². The van der Waals surface area contributed by atoms with Crippen molar-refractivity contribution in [3.8, 4) is 0 Å². The summed E-state index contributed by atoms with van der Waals surface area (Å²) in [7, 11) is 0. The van der Waals surface area contributed by atoms with Gasteiger partial charge >= 0.3 is 0 Å². The smallest absolute Gasteiger partial charge is 0.268 e. The molecule has 0 bridgehead atoms. The number of nitrogens with zero attached hydrogens (tertiary/aromatic N) is 1. The van der Waals surface area contributed by atoms with Gasteiger partial charge in [-0.25, -0.2) is 5.84 Å². The highest BCUT2D eigenvalue weighted by molar-refractivity contribution is 5.94. The number of amides is 1. The number of carbonyl (C=O) groups is 1. The molecular weight excluding hydrogens is 222 g/mol. The molecule has 94 valence electrons. The van der Waals surface area contributed by atoms with Crippen LogP contribution in [0.15, 0.2) is 16.7 Å². The summed E-state index contributed by atoms with van der Waals surface area (Å²) in [5.74, 6) is 5.44. The van der Waals surface area contributed by atoms with Crippen molar-refractivity contribution >= 4 is 5.91 Å². The molecule has 2 heterocycles. The quantitative estimate of drug-likeness (QED) is 0.444. The molecule has 1 aromatic heterocycles. The number of ether oxygens (including phenoxy) is 1. The average Bonchev–Trinajstić information content (AvgIpc) is 2.64. The van der Waals surface area contributed by atoms with Gasteiger partial charge in [-0.1, -0.05) is 0 Å². The first-order valence-corrected chi connectivity index (χ1v) is 5.68. The summed E-state index contributed by atoms with van der Waals surface area (Å²) in [6.45, 7) is 3.93. The molecule has 0 radical (unpaired) electrons. The molecule has 6 heteroatoms. The number of nitrogen functional groups attached to an aromatic ring is 1. The van der Waals surface area contributed by atoms with Gasteiger partial charge in [0, 0.05) is 19.7 Å². The van der Waals surface area contributed by atoms with Crippen LogP contribution in [0.25, 0.3) is 0 Å². The average molecular weight is 239 g/mol. The fourth-order valence-corrected chi connectivity index (χ4v) is 1.90. The lowest BCUT2D eigenvalue weighted by atomic mass is 10.2. The van der Waals surface area contributed by atoms with E-state index in [1.54, 1.807) is 6.07 Å². The Kier molecular flexibility index (Phi) is 4.13. The van der Waals surface area contributed by atoms with Crippen LogP contribution in [0, 0.1) is 0 Å². The number of hydrogen-bond acceptors (Lipinski definition) is 5. The van der Waals surface area contributed by atoms with Crippen LogP contribution in [0.1, 0.15) is 22.5 Å². The number of nitrogens with one attached hydrogen (secondary N) is 1. The maximum Gasteiger partial charge on any atom is 0.268 e. The maximum atomic E-state index is 11.5. The van der Waals surface area contributed by atoms with Crippen molar-refractivity contribution in [1.29, 1.82) is 0 Å². The van der Waals surface area contributed by atoms with Gasteiger partial charge in [-0.15, -0.1) is 0 Å². The highest BCUT2D eigenvalue weighted by Gasteiger charge is 2.17. The summed E-state index contributed by atoms with van der Waals surface area (Å²) in [6.07, 6.45) is 2.51. The van der Waals surface area contributed by atoms with Gasteiger partial charge in [-0.05, 0) is 12.5 Å². The largest absolute Gasteiger partial charge is 0.467 e. The standard InChI is InChI=1S/C11H17N3O3/c12-13-11(15)9-2-6-17-10(9)8-14-3-1-5-16-7-4-14/h2,6H,1,3-5,7-8,12H2,(H,13,15). The van der Waals surface area contributed by atoms with Gasteiger partial charge in [-0.2, -0.15) is 0 Å². The summed E-state index contributed by atoms with van der Waals surface area (Å²) in [4.78, 5) is 13.7. The Balaban J connectivity index is 2.02. The van der Waals surface area contributed by atoms with Crippen LogP contribution < -0.4 is 11.3 Å². The van der Waals surface area contributed by atoms with Crippen LogP contribution in [0.3, 0.4) is 0 Å². The fourth-order valence-electron chi connectivity index (χ4n) is 1.90. The van der Waals surface area contributed by atoms with E-state index in [4.69, 9.17) is 15.0 Å². The summed E-state index contributed by atoms with van der Waals surface area (Å²) in [5, 5.41) is 0. The molecule has 1 fully saturated rings. The van der Waals surface area contributed by atoms with Gasteiger partial charge in [0.1, 0.15) is 5.76 Å². The van der Waals surface area contributed by atoms with Crippen LogP contribution in [-0.2, 0) is 11.3 Å². The number of furan rings is 1. The molecule has 0 saturated carbocycles. The van der Waals surface area contributed by atoms with Crippen LogP contribution in [0.5, 0.6) is 0 Å². The molecule has 0 aliphatic carbocycles. The number of hydrogen-bond donors (Lipinski definition) is 2. The monoisotopic (exact) mass is 239 g/mol. The van der Waals surface area contributed by atoms with Crippen molar-refractivity contribution in [3.05, 3.63) is 23.7 Å². The molecule has 2 rings (SSSR count). The normalized spacial score (nSPS) is 17.7. The Labute approximate surface area is 99.7 Å². The molecule has 0 spiro atoms. The third-order valence-corrected chi connectivity index (χ3v) is 2.80. The molecule has 3 N–H and O–H groups in total. The van der Waals surface area contributed by atoms with Crippen LogP contribution in [0.4, 0.5) is 0 Å². The topological polar surface area (TPSA) is 80.7 Å². The van der Waals surface area contributed by atoms with Gasteiger partial charge in [0.25, 0.3) is 5.91 Å². The van der Waals surface area contributed by atoms with Crippen molar-refractivity contribution in [1.82, 2.24) is 10.3 Å². The van der Waals surface area contributed by atoms with Crippen LogP contribution in [0.2, 0.25) is 0 Å².